The number of piperidine rings is 1. The summed E-state index contributed by atoms with van der Waals surface area (Å²) in [6, 6.07) is 5.91. The van der Waals surface area contributed by atoms with Crippen molar-refractivity contribution in [3.8, 4) is 0 Å². The molecule has 0 spiro atoms. The van der Waals surface area contributed by atoms with E-state index in [2.05, 4.69) is 15.5 Å². The summed E-state index contributed by atoms with van der Waals surface area (Å²) in [5.74, 6) is 1.49. The van der Waals surface area contributed by atoms with Gasteiger partial charge in [0.05, 0.1) is 12.2 Å². The average Bonchev–Trinajstić information content (AvgIpc) is 2.97. The van der Waals surface area contributed by atoms with Gasteiger partial charge in [0.2, 0.25) is 0 Å². The monoisotopic (exact) mass is 360 g/mol. The molecule has 1 unspecified atom stereocenters. The van der Waals surface area contributed by atoms with E-state index < -0.39 is 5.82 Å². The molecule has 8 heteroatoms. The smallest absolute Gasteiger partial charge is 0.321 e. The maximum absolute atomic E-state index is 13.8. The number of amides is 2. The van der Waals surface area contributed by atoms with E-state index in [0.717, 1.165) is 24.5 Å². The van der Waals surface area contributed by atoms with Gasteiger partial charge in [-0.25, -0.2) is 9.18 Å². The summed E-state index contributed by atoms with van der Waals surface area (Å²) in [4.78, 5) is 16.3. The van der Waals surface area contributed by atoms with E-state index in [1.807, 2.05) is 30.6 Å². The Morgan fingerprint density at radius 2 is 2.12 bits per heavy atom. The van der Waals surface area contributed by atoms with Crippen molar-refractivity contribution >= 4 is 11.7 Å². The van der Waals surface area contributed by atoms with Crippen LogP contribution in [0, 0.1) is 5.82 Å². The highest BCUT2D eigenvalue weighted by molar-refractivity contribution is 5.89. The molecular weight excluding hydrogens is 335 g/mol. The number of carbonyl (C=O) groups is 1. The number of carbonyl (C=O) groups excluding carboxylic acids is 1. The van der Waals surface area contributed by atoms with Gasteiger partial charge < -0.3 is 19.7 Å². The van der Waals surface area contributed by atoms with Gasteiger partial charge in [-0.3, -0.25) is 0 Å². The van der Waals surface area contributed by atoms with E-state index in [4.69, 9.17) is 0 Å². The Morgan fingerprint density at radius 3 is 2.85 bits per heavy atom. The van der Waals surface area contributed by atoms with Gasteiger partial charge in [-0.15, -0.1) is 10.2 Å². The highest BCUT2D eigenvalue weighted by atomic mass is 19.1. The van der Waals surface area contributed by atoms with Crippen LogP contribution < -0.4 is 5.32 Å². The number of halogens is 1. The van der Waals surface area contributed by atoms with Crippen molar-refractivity contribution in [3.63, 3.8) is 0 Å². The molecule has 7 nitrogen and oxygen atoms in total. The van der Waals surface area contributed by atoms with Gasteiger partial charge in [-0.2, -0.15) is 0 Å². The molecule has 2 amide bonds. The van der Waals surface area contributed by atoms with E-state index in [1.165, 1.54) is 6.07 Å². The first-order chi connectivity index (χ1) is 12.5. The fraction of sp³-hybridized carbons (Fsp3) is 0.500. The van der Waals surface area contributed by atoms with Crippen LogP contribution in [0.4, 0.5) is 14.9 Å². The second kappa shape index (κ2) is 7.82. The lowest BCUT2D eigenvalue weighted by Gasteiger charge is -2.32. The number of nitrogens with zero attached hydrogens (tertiary/aromatic N) is 5. The summed E-state index contributed by atoms with van der Waals surface area (Å²) in [7, 11) is 5.94. The first-order valence-electron chi connectivity index (χ1n) is 8.79. The molecule has 1 aromatic heterocycles. The minimum Gasteiger partial charge on any atom is -0.324 e. The molecule has 0 saturated carbocycles. The van der Waals surface area contributed by atoms with E-state index in [-0.39, 0.29) is 17.6 Å². The molecule has 0 bridgehead atoms. The van der Waals surface area contributed by atoms with Gasteiger partial charge in [0.25, 0.3) is 0 Å². The summed E-state index contributed by atoms with van der Waals surface area (Å²) in [5, 5.41) is 11.3. The van der Waals surface area contributed by atoms with Crippen molar-refractivity contribution in [2.45, 2.75) is 25.3 Å². The molecule has 1 aromatic carbocycles. The van der Waals surface area contributed by atoms with Gasteiger partial charge in [-0.05, 0) is 39.1 Å². The van der Waals surface area contributed by atoms with Crippen molar-refractivity contribution in [1.82, 2.24) is 24.6 Å². The van der Waals surface area contributed by atoms with E-state index in [9.17, 15) is 9.18 Å². The Balaban J connectivity index is 1.68. The molecule has 2 aromatic rings. The van der Waals surface area contributed by atoms with Crippen LogP contribution in [0.25, 0.3) is 0 Å². The average molecular weight is 360 g/mol. The van der Waals surface area contributed by atoms with E-state index in [0.29, 0.717) is 19.6 Å². The Bertz CT molecular complexity index is 775. The zero-order chi connectivity index (χ0) is 18.7. The molecule has 0 radical (unpaired) electrons. The van der Waals surface area contributed by atoms with Gasteiger partial charge in [0, 0.05) is 26.1 Å². The second-order valence-electron chi connectivity index (χ2n) is 6.97. The summed E-state index contributed by atoms with van der Waals surface area (Å²) < 4.78 is 15.8. The summed E-state index contributed by atoms with van der Waals surface area (Å²) in [6.45, 7) is 1.92. The molecule has 1 aliphatic heterocycles. The highest BCUT2D eigenvalue weighted by Crippen LogP contribution is 2.26. The normalized spacial score (nSPS) is 17.6. The molecule has 140 valence electrons. The summed E-state index contributed by atoms with van der Waals surface area (Å²) >= 11 is 0. The lowest BCUT2D eigenvalue weighted by molar-refractivity contribution is 0.190. The van der Waals surface area contributed by atoms with Crippen molar-refractivity contribution in [3.05, 3.63) is 41.7 Å². The number of nitrogens with one attached hydrogen (secondary N) is 1. The van der Waals surface area contributed by atoms with Gasteiger partial charge in [-0.1, -0.05) is 12.1 Å². The number of hydrogen-bond acceptors (Lipinski definition) is 4. The maximum atomic E-state index is 13.8. The summed E-state index contributed by atoms with van der Waals surface area (Å²) in [6.07, 6.45) is 1.84. The second-order valence-corrected chi connectivity index (χ2v) is 6.97. The standard InChI is InChI=1S/C18H25FN6O/c1-23(2)12-16-21-22-17(24(16)3)13-7-6-10-25(11-13)18(26)20-15-9-5-4-8-14(15)19/h4-5,8-9,13H,6-7,10-12H2,1-3H3,(H,20,26). The first kappa shape index (κ1) is 18.3. The predicted molar refractivity (Wildman–Crippen MR) is 97.4 cm³/mol. The van der Waals surface area contributed by atoms with Gasteiger partial charge >= 0.3 is 6.03 Å². The maximum Gasteiger partial charge on any atom is 0.321 e. The van der Waals surface area contributed by atoms with Crippen molar-refractivity contribution < 1.29 is 9.18 Å². The molecule has 1 atom stereocenters. The van der Waals surface area contributed by atoms with Crippen LogP contribution in [-0.2, 0) is 13.6 Å². The highest BCUT2D eigenvalue weighted by Gasteiger charge is 2.28. The van der Waals surface area contributed by atoms with Crippen LogP contribution in [0.15, 0.2) is 24.3 Å². The Labute approximate surface area is 152 Å². The number of hydrogen-bond donors (Lipinski definition) is 1. The van der Waals surface area contributed by atoms with E-state index in [1.54, 1.807) is 23.1 Å². The van der Waals surface area contributed by atoms with Crippen molar-refractivity contribution in [2.24, 2.45) is 7.05 Å². The molecular formula is C18H25FN6O. The molecule has 1 N–H and O–H groups in total. The third-order valence-electron chi connectivity index (χ3n) is 4.65. The molecule has 3 rings (SSSR count). The lowest BCUT2D eigenvalue weighted by atomic mass is 9.97. The molecule has 1 aliphatic rings. The number of benzene rings is 1. The fourth-order valence-electron chi connectivity index (χ4n) is 3.28. The van der Waals surface area contributed by atoms with E-state index >= 15 is 0 Å². The number of rotatable bonds is 4. The van der Waals surface area contributed by atoms with Crippen LogP contribution in [0.2, 0.25) is 0 Å². The number of para-hydroxylation sites is 1. The zero-order valence-electron chi connectivity index (χ0n) is 15.4. The Morgan fingerprint density at radius 1 is 1.35 bits per heavy atom. The van der Waals surface area contributed by atoms with Gasteiger partial charge in [0.1, 0.15) is 17.5 Å². The van der Waals surface area contributed by atoms with Crippen LogP contribution in [0.3, 0.4) is 0 Å². The zero-order valence-corrected chi connectivity index (χ0v) is 15.4. The number of aromatic nitrogens is 3. The lowest BCUT2D eigenvalue weighted by Crippen LogP contribution is -2.42. The Kier molecular flexibility index (Phi) is 5.51. The number of anilines is 1. The molecule has 1 fully saturated rings. The van der Waals surface area contributed by atoms with Crippen LogP contribution in [0.1, 0.15) is 30.4 Å². The van der Waals surface area contributed by atoms with Crippen molar-refractivity contribution in [1.29, 1.82) is 0 Å². The predicted octanol–water partition coefficient (Wildman–Crippen LogP) is 2.43. The quantitative estimate of drug-likeness (QED) is 0.909. The minimum absolute atomic E-state index is 0.128. The minimum atomic E-state index is -0.434. The summed E-state index contributed by atoms with van der Waals surface area (Å²) in [5.41, 5.74) is 0.201. The topological polar surface area (TPSA) is 66.3 Å². The molecule has 0 aliphatic carbocycles. The Hall–Kier alpha value is -2.48. The van der Waals surface area contributed by atoms with Crippen LogP contribution in [0.5, 0.6) is 0 Å². The number of urea groups is 1. The molecule has 26 heavy (non-hydrogen) atoms. The fourth-order valence-corrected chi connectivity index (χ4v) is 3.28. The SMILES string of the molecule is CN(C)Cc1nnc(C2CCCN(C(=O)Nc3ccccc3F)C2)n1C. The number of likely N-dealkylation sites (tertiary alicyclic amines) is 1. The van der Waals surface area contributed by atoms with Crippen molar-refractivity contribution in [2.75, 3.05) is 32.5 Å². The molecule has 2 heterocycles. The molecule has 1 saturated heterocycles. The third-order valence-corrected chi connectivity index (χ3v) is 4.65. The largest absolute Gasteiger partial charge is 0.324 e. The van der Waals surface area contributed by atoms with Crippen LogP contribution in [-0.4, -0.2) is 57.8 Å². The van der Waals surface area contributed by atoms with Gasteiger partial charge in [0.15, 0.2) is 0 Å². The third kappa shape index (κ3) is 4.01. The first-order valence-corrected chi connectivity index (χ1v) is 8.79. The van der Waals surface area contributed by atoms with Crippen LogP contribution >= 0.6 is 0 Å².